The van der Waals surface area contributed by atoms with Crippen LogP contribution in [0, 0.1) is 0 Å². The second-order valence-electron chi connectivity index (χ2n) is 12.0. The number of aromatic nitrogens is 2. The van der Waals surface area contributed by atoms with Crippen LogP contribution in [-0.4, -0.2) is 45.5 Å². The van der Waals surface area contributed by atoms with E-state index in [1.54, 1.807) is 18.8 Å². The number of carbonyl (C=O) groups is 1. The van der Waals surface area contributed by atoms with Crippen molar-refractivity contribution in [1.82, 2.24) is 20.0 Å². The quantitative estimate of drug-likeness (QED) is 0.318. The number of allylic oxidation sites excluding steroid dienone is 4. The lowest BCUT2D eigenvalue weighted by molar-refractivity contribution is 0.0477. The number of benzene rings is 1. The molecular formula is C34H38N4O5. The van der Waals surface area contributed by atoms with Crippen LogP contribution in [0.4, 0.5) is 4.79 Å². The van der Waals surface area contributed by atoms with Gasteiger partial charge in [0.25, 0.3) is 0 Å². The molecule has 0 radical (unpaired) electrons. The Balaban J connectivity index is 1.14. The lowest BCUT2D eigenvalue weighted by Crippen LogP contribution is -2.45. The van der Waals surface area contributed by atoms with Crippen molar-refractivity contribution in [2.24, 2.45) is 0 Å². The Morgan fingerprint density at radius 1 is 1.09 bits per heavy atom. The van der Waals surface area contributed by atoms with Gasteiger partial charge in [0.1, 0.15) is 23.8 Å². The van der Waals surface area contributed by atoms with Gasteiger partial charge in [-0.1, -0.05) is 18.2 Å². The first kappa shape index (κ1) is 28.6. The Bertz CT molecular complexity index is 1550. The fourth-order valence-corrected chi connectivity index (χ4v) is 5.49. The predicted octanol–water partition coefficient (Wildman–Crippen LogP) is 7.08. The van der Waals surface area contributed by atoms with Crippen LogP contribution in [0.2, 0.25) is 0 Å². The van der Waals surface area contributed by atoms with Gasteiger partial charge >= 0.3 is 6.09 Å². The summed E-state index contributed by atoms with van der Waals surface area (Å²) in [6.07, 6.45) is 16.4. The van der Waals surface area contributed by atoms with E-state index in [9.17, 15) is 4.79 Å². The number of furan rings is 1. The summed E-state index contributed by atoms with van der Waals surface area (Å²) >= 11 is 0. The van der Waals surface area contributed by atoms with E-state index in [1.807, 2.05) is 68.0 Å². The van der Waals surface area contributed by atoms with Gasteiger partial charge in [0.2, 0.25) is 0 Å². The molecular weight excluding hydrogens is 544 g/mol. The monoisotopic (exact) mass is 582 g/mol. The molecule has 43 heavy (non-hydrogen) atoms. The highest BCUT2D eigenvalue weighted by atomic mass is 16.6. The van der Waals surface area contributed by atoms with Crippen molar-refractivity contribution in [3.63, 3.8) is 0 Å². The molecule has 1 aromatic carbocycles. The van der Waals surface area contributed by atoms with E-state index in [0.29, 0.717) is 5.76 Å². The van der Waals surface area contributed by atoms with E-state index in [-0.39, 0.29) is 12.1 Å². The second kappa shape index (κ2) is 12.4. The Labute approximate surface area is 252 Å². The Kier molecular flexibility index (Phi) is 8.24. The molecule has 1 fully saturated rings. The van der Waals surface area contributed by atoms with E-state index < -0.39 is 5.60 Å². The summed E-state index contributed by atoms with van der Waals surface area (Å²) in [5.41, 5.74) is 4.44. The maximum atomic E-state index is 12.2. The molecule has 1 amide bonds. The molecule has 2 aliphatic heterocycles. The number of nitrogens with one attached hydrogen (secondary N) is 1. The molecule has 4 heterocycles. The lowest BCUT2D eigenvalue weighted by Gasteiger charge is -2.32. The van der Waals surface area contributed by atoms with Crippen LogP contribution in [0.5, 0.6) is 0 Å². The van der Waals surface area contributed by atoms with Crippen LogP contribution in [-0.2, 0) is 20.8 Å². The van der Waals surface area contributed by atoms with Crippen LogP contribution < -0.4 is 5.32 Å². The van der Waals surface area contributed by atoms with Crippen molar-refractivity contribution < 1.29 is 23.4 Å². The van der Waals surface area contributed by atoms with Crippen LogP contribution in [0.1, 0.15) is 57.6 Å². The standard InChI is InChI=1S/C34H38N4O5/c1-34(2,3)43-33(39)36-27-15-17-37(18-16-27)21-26-20-35-38(32(26)29-10-7-19-41-29)28-13-11-25(12-14-28)31-23-40-22-30(42-31)24-8-5-4-6-9-24/h4-5,7-8,10-14,19-20,22-23,27H,6,9,15-18,21H2,1-3H3,(H,36,39). The first-order valence-corrected chi connectivity index (χ1v) is 14.9. The number of alkyl carbamates (subject to hydrolysis) is 1. The highest BCUT2D eigenvalue weighted by molar-refractivity contribution is 5.68. The number of hydrogen-bond acceptors (Lipinski definition) is 7. The van der Waals surface area contributed by atoms with Gasteiger partial charge in [-0.15, -0.1) is 0 Å². The SMILES string of the molecule is CC(C)(C)OC(=O)NC1CCN(Cc2cnn(-c3ccc(C4=COC=C(C5=CC=CCC5)O4)cc3)c2-c2ccco2)CC1. The van der Waals surface area contributed by atoms with E-state index >= 15 is 0 Å². The minimum absolute atomic E-state index is 0.105. The molecule has 0 spiro atoms. The third-order valence-corrected chi connectivity index (χ3v) is 7.60. The highest BCUT2D eigenvalue weighted by Crippen LogP contribution is 2.32. The van der Waals surface area contributed by atoms with Crippen molar-refractivity contribution in [2.45, 2.75) is 64.6 Å². The number of piperidine rings is 1. The van der Waals surface area contributed by atoms with Crippen LogP contribution >= 0.6 is 0 Å². The molecule has 1 aliphatic carbocycles. The minimum Gasteiger partial charge on any atom is -0.465 e. The van der Waals surface area contributed by atoms with Gasteiger partial charge < -0.3 is 23.9 Å². The molecule has 1 N–H and O–H groups in total. The largest absolute Gasteiger partial charge is 0.465 e. The number of carbonyl (C=O) groups excluding carboxylic acids is 1. The highest BCUT2D eigenvalue weighted by Gasteiger charge is 2.26. The fourth-order valence-electron chi connectivity index (χ4n) is 5.49. The predicted molar refractivity (Wildman–Crippen MR) is 164 cm³/mol. The number of hydrogen-bond donors (Lipinski definition) is 1. The van der Waals surface area contributed by atoms with Crippen LogP contribution in [0.15, 0.2) is 95.4 Å². The van der Waals surface area contributed by atoms with Gasteiger partial charge in [-0.25, -0.2) is 9.48 Å². The summed E-state index contributed by atoms with van der Waals surface area (Å²) in [6.45, 7) is 8.07. The Morgan fingerprint density at radius 2 is 1.88 bits per heavy atom. The molecule has 0 bridgehead atoms. The summed E-state index contributed by atoms with van der Waals surface area (Å²) in [5, 5.41) is 7.79. The zero-order valence-corrected chi connectivity index (χ0v) is 24.9. The number of nitrogens with zero attached hydrogens (tertiary/aromatic N) is 3. The first-order chi connectivity index (χ1) is 20.8. The third kappa shape index (κ3) is 6.94. The zero-order valence-electron chi connectivity index (χ0n) is 24.9. The first-order valence-electron chi connectivity index (χ1n) is 14.9. The van der Waals surface area contributed by atoms with Gasteiger partial charge in [0.15, 0.2) is 17.3 Å². The summed E-state index contributed by atoms with van der Waals surface area (Å²) < 4.78 is 25.0. The Hall–Kier alpha value is -4.50. The number of rotatable bonds is 7. The van der Waals surface area contributed by atoms with Gasteiger partial charge in [-0.05, 0) is 88.4 Å². The average molecular weight is 583 g/mol. The summed E-state index contributed by atoms with van der Waals surface area (Å²) in [5.74, 6) is 2.17. The van der Waals surface area contributed by atoms with E-state index in [4.69, 9.17) is 23.7 Å². The number of ether oxygens (including phenoxy) is 3. The molecule has 9 nitrogen and oxygen atoms in total. The van der Waals surface area contributed by atoms with E-state index in [1.165, 1.54) is 0 Å². The van der Waals surface area contributed by atoms with Gasteiger partial charge in [-0.3, -0.25) is 4.90 Å². The van der Waals surface area contributed by atoms with Crippen molar-refractivity contribution >= 4 is 11.9 Å². The topological polar surface area (TPSA) is 91.0 Å². The maximum Gasteiger partial charge on any atom is 0.407 e. The molecule has 224 valence electrons. The second-order valence-corrected chi connectivity index (χ2v) is 12.0. The molecule has 0 saturated carbocycles. The summed E-state index contributed by atoms with van der Waals surface area (Å²) in [6, 6.07) is 12.0. The molecule has 0 unspecified atom stereocenters. The van der Waals surface area contributed by atoms with Crippen molar-refractivity contribution in [3.05, 3.63) is 102 Å². The molecule has 2 aromatic heterocycles. The van der Waals surface area contributed by atoms with Crippen molar-refractivity contribution in [3.8, 4) is 17.1 Å². The minimum atomic E-state index is -0.506. The van der Waals surface area contributed by atoms with Crippen LogP contribution in [0.3, 0.4) is 0 Å². The smallest absolute Gasteiger partial charge is 0.407 e. The van der Waals surface area contributed by atoms with Crippen LogP contribution in [0.25, 0.3) is 22.9 Å². The Morgan fingerprint density at radius 3 is 2.58 bits per heavy atom. The summed E-state index contributed by atoms with van der Waals surface area (Å²) in [4.78, 5) is 14.6. The van der Waals surface area contributed by atoms with Gasteiger partial charge in [0, 0.05) is 36.8 Å². The molecule has 9 heteroatoms. The molecule has 3 aromatic rings. The fraction of sp³-hybridized carbons (Fsp3) is 0.353. The number of amides is 1. The zero-order chi connectivity index (χ0) is 29.8. The third-order valence-electron chi connectivity index (χ3n) is 7.60. The summed E-state index contributed by atoms with van der Waals surface area (Å²) in [7, 11) is 0. The van der Waals surface area contributed by atoms with Crippen molar-refractivity contribution in [1.29, 1.82) is 0 Å². The van der Waals surface area contributed by atoms with E-state index in [2.05, 4.69) is 28.4 Å². The van der Waals surface area contributed by atoms with Crippen molar-refractivity contribution in [2.75, 3.05) is 13.1 Å². The molecule has 6 rings (SSSR count). The molecule has 3 aliphatic rings. The van der Waals surface area contributed by atoms with Gasteiger partial charge in [0.05, 0.1) is 18.1 Å². The normalized spacial score (nSPS) is 17.8. The molecule has 1 saturated heterocycles. The molecule has 0 atom stereocenters. The lowest BCUT2D eigenvalue weighted by atomic mass is 10.0. The van der Waals surface area contributed by atoms with E-state index in [0.717, 1.165) is 84.9 Å². The number of likely N-dealkylation sites (tertiary alicyclic amines) is 1. The van der Waals surface area contributed by atoms with Gasteiger partial charge in [-0.2, -0.15) is 5.10 Å². The average Bonchev–Trinajstić information content (AvgIpc) is 3.68. The maximum absolute atomic E-state index is 12.2.